The first-order chi connectivity index (χ1) is 53.1. The molecular weight excluding hydrogens is 1350 g/mol. The summed E-state index contributed by atoms with van der Waals surface area (Å²) in [6, 6.07) is -0.938. The molecule has 14 nitrogen and oxygen atoms in total. The quantitative estimate of drug-likeness (QED) is 0.0204. The Morgan fingerprint density at radius 3 is 1.02 bits per heavy atom. The Labute approximate surface area is 661 Å². The Morgan fingerprint density at radius 1 is 0.343 bits per heavy atom. The summed E-state index contributed by atoms with van der Waals surface area (Å²) in [5, 5.41) is 87.9. The minimum absolute atomic E-state index is 0.245. The fourth-order valence-electron chi connectivity index (χ4n) is 14.4. The van der Waals surface area contributed by atoms with E-state index in [4.69, 9.17) is 18.9 Å². The Morgan fingerprint density at radius 2 is 0.648 bits per heavy atom. The number of aliphatic hydroxyl groups is 8. The summed E-state index contributed by atoms with van der Waals surface area (Å²) in [6.45, 7) is 2.72. The Kier molecular flexibility index (Phi) is 71.2. The molecule has 2 aliphatic rings. The Balaban J connectivity index is 1.57. The number of carbonyl (C=O) groups excluding carboxylic acids is 1. The lowest BCUT2D eigenvalue weighted by Crippen LogP contribution is -2.65. The molecular formula is C94H167NO13. The summed E-state index contributed by atoms with van der Waals surface area (Å²) >= 11 is 0. The Bertz CT molecular complexity index is 2240. The zero-order valence-electron chi connectivity index (χ0n) is 69.1. The third kappa shape index (κ3) is 57.6. The molecule has 9 N–H and O–H groups in total. The van der Waals surface area contributed by atoms with E-state index >= 15 is 0 Å². The molecule has 2 aliphatic heterocycles. The predicted octanol–water partition coefficient (Wildman–Crippen LogP) is 22.1. The molecule has 0 aromatic carbocycles. The molecule has 0 radical (unpaired) electrons. The highest BCUT2D eigenvalue weighted by Crippen LogP contribution is 2.30. The van der Waals surface area contributed by atoms with Gasteiger partial charge in [0.25, 0.3) is 0 Å². The van der Waals surface area contributed by atoms with Gasteiger partial charge >= 0.3 is 0 Å². The van der Waals surface area contributed by atoms with Crippen molar-refractivity contribution in [3.05, 3.63) is 109 Å². The molecule has 0 saturated carbocycles. The Hall–Kier alpha value is -3.35. The third-order valence-corrected chi connectivity index (χ3v) is 21.4. The first-order valence-corrected chi connectivity index (χ1v) is 45.1. The maximum absolute atomic E-state index is 13.4. The summed E-state index contributed by atoms with van der Waals surface area (Å²) in [6.07, 6.45) is 94.9. The van der Waals surface area contributed by atoms with Crippen LogP contribution in [0.2, 0.25) is 0 Å². The van der Waals surface area contributed by atoms with Gasteiger partial charge in [0.1, 0.15) is 48.8 Å². The standard InChI is InChI=1S/C94H167NO13/c1-3-5-7-9-11-13-15-17-19-21-23-25-27-29-31-33-35-37-38-39-40-41-42-43-44-46-48-50-52-54-56-58-60-62-64-66-68-70-72-74-76-78-86(99)95-82(81-105-93-91(104)89(102)92(85(80-97)107-93)108-94-90(103)88(101)87(100)84(79-96)106-94)83(98)77-75-73-71-69-67-65-63-61-59-57-55-53-51-49-47-45-36-34-32-30-28-26-24-22-20-18-16-14-12-10-8-6-4-2/h5,7,11,13,17,19,23,25,29,31,35,37,39-40,67,69,75,77,82-85,87-94,96-98,100-104H,3-4,6,8-10,12,14-16,18,20-22,24,26-28,30,32-34,36,38,41-66,68,70-74,76,78-81H2,1-2H3,(H,95,99)/b7-5-,13-11-,19-17-,25-23-,31-29-,37-35-,40-39-,69-67+,77-75+. The van der Waals surface area contributed by atoms with Crippen LogP contribution in [0.5, 0.6) is 0 Å². The van der Waals surface area contributed by atoms with E-state index in [0.29, 0.717) is 12.8 Å². The number of hydrogen-bond acceptors (Lipinski definition) is 13. The number of hydrogen-bond donors (Lipinski definition) is 9. The van der Waals surface area contributed by atoms with Crippen LogP contribution in [0.25, 0.3) is 0 Å². The molecule has 12 atom stereocenters. The van der Waals surface area contributed by atoms with Crippen LogP contribution in [-0.2, 0) is 23.7 Å². The summed E-state index contributed by atoms with van der Waals surface area (Å²) < 4.78 is 22.9. The number of ether oxygens (including phenoxy) is 4. The van der Waals surface area contributed by atoms with E-state index in [1.54, 1.807) is 6.08 Å². The molecule has 2 heterocycles. The van der Waals surface area contributed by atoms with E-state index in [1.165, 1.54) is 276 Å². The minimum atomic E-state index is -1.80. The van der Waals surface area contributed by atoms with Crippen molar-refractivity contribution in [2.75, 3.05) is 19.8 Å². The second-order valence-electron chi connectivity index (χ2n) is 31.3. The molecule has 2 saturated heterocycles. The average Bonchev–Trinajstić information content (AvgIpc) is 0.789. The predicted molar refractivity (Wildman–Crippen MR) is 452 cm³/mol. The van der Waals surface area contributed by atoms with Gasteiger partial charge in [0.2, 0.25) is 5.91 Å². The van der Waals surface area contributed by atoms with Gasteiger partial charge in [-0.2, -0.15) is 0 Å². The van der Waals surface area contributed by atoms with E-state index in [9.17, 15) is 45.6 Å². The van der Waals surface area contributed by atoms with Crippen molar-refractivity contribution in [1.82, 2.24) is 5.32 Å². The number of nitrogens with one attached hydrogen (secondary N) is 1. The molecule has 626 valence electrons. The van der Waals surface area contributed by atoms with Gasteiger partial charge in [0, 0.05) is 6.42 Å². The molecule has 0 aliphatic carbocycles. The highest BCUT2D eigenvalue weighted by molar-refractivity contribution is 5.76. The molecule has 0 bridgehead atoms. The monoisotopic (exact) mass is 1520 g/mol. The fraction of sp³-hybridized carbons (Fsp3) is 0.798. The highest BCUT2D eigenvalue weighted by atomic mass is 16.7. The van der Waals surface area contributed by atoms with E-state index in [1.807, 2.05) is 6.08 Å². The number of carbonyl (C=O) groups is 1. The lowest BCUT2D eigenvalue weighted by Gasteiger charge is -2.46. The van der Waals surface area contributed by atoms with Gasteiger partial charge in [-0.3, -0.25) is 4.79 Å². The number of rotatable bonds is 76. The van der Waals surface area contributed by atoms with Crippen LogP contribution >= 0.6 is 0 Å². The normalized spacial score (nSPS) is 21.6. The van der Waals surface area contributed by atoms with E-state index in [-0.39, 0.29) is 18.9 Å². The van der Waals surface area contributed by atoms with Gasteiger partial charge in [0.15, 0.2) is 12.6 Å². The molecule has 108 heavy (non-hydrogen) atoms. The topological polar surface area (TPSA) is 228 Å². The number of aliphatic hydroxyl groups excluding tert-OH is 8. The van der Waals surface area contributed by atoms with Crippen LogP contribution < -0.4 is 5.32 Å². The van der Waals surface area contributed by atoms with Crippen molar-refractivity contribution >= 4 is 5.91 Å². The van der Waals surface area contributed by atoms with Gasteiger partial charge in [-0.1, -0.05) is 399 Å². The first-order valence-electron chi connectivity index (χ1n) is 45.1. The summed E-state index contributed by atoms with van der Waals surface area (Å²) in [5.41, 5.74) is 0. The molecule has 12 unspecified atom stereocenters. The van der Waals surface area contributed by atoms with E-state index in [0.717, 1.165) is 77.0 Å². The first kappa shape index (κ1) is 101. The molecule has 1 amide bonds. The fourth-order valence-corrected chi connectivity index (χ4v) is 14.4. The van der Waals surface area contributed by atoms with Crippen LogP contribution in [0.3, 0.4) is 0 Å². The molecule has 14 heteroatoms. The van der Waals surface area contributed by atoms with Crippen molar-refractivity contribution < 1.29 is 64.6 Å². The lowest BCUT2D eigenvalue weighted by molar-refractivity contribution is -0.359. The summed E-state index contributed by atoms with van der Waals surface area (Å²) in [4.78, 5) is 13.4. The van der Waals surface area contributed by atoms with Crippen molar-refractivity contribution in [2.45, 2.75) is 460 Å². The molecule has 2 rings (SSSR count). The van der Waals surface area contributed by atoms with Crippen LogP contribution in [-0.4, -0.2) is 140 Å². The van der Waals surface area contributed by atoms with Crippen LogP contribution in [0, 0.1) is 0 Å². The second kappa shape index (κ2) is 76.3. The zero-order chi connectivity index (χ0) is 77.9. The number of allylic oxidation sites excluding steroid dienone is 17. The molecule has 2 fully saturated rings. The summed E-state index contributed by atoms with van der Waals surface area (Å²) in [5.74, 6) is -0.245. The largest absolute Gasteiger partial charge is 0.394 e. The van der Waals surface area contributed by atoms with Gasteiger partial charge in [0.05, 0.1) is 32.0 Å². The van der Waals surface area contributed by atoms with Gasteiger partial charge in [-0.25, -0.2) is 0 Å². The van der Waals surface area contributed by atoms with Crippen molar-refractivity contribution in [1.29, 1.82) is 0 Å². The SMILES string of the molecule is CC/C=C\C/C=C\C/C=C\C/C=C\C/C=C\C/C=C\C/C=C\CCCCCCCCCCCCCCCCCCCCCC(=O)NC(COC1OC(CO)C(OC2OC(CO)C(O)C(O)C2O)C(O)C1O)C(O)/C=C/CC/C=C/CCCCCCCCCCCCCCCCCCCCCCCCCCCCC. The number of amides is 1. The van der Waals surface area contributed by atoms with Crippen molar-refractivity contribution in [3.63, 3.8) is 0 Å². The highest BCUT2D eigenvalue weighted by Gasteiger charge is 2.51. The molecule has 0 aromatic rings. The van der Waals surface area contributed by atoms with E-state index in [2.05, 4.69) is 116 Å². The number of unbranched alkanes of at least 4 members (excludes halogenated alkanes) is 47. The lowest BCUT2D eigenvalue weighted by atomic mass is 9.97. The van der Waals surface area contributed by atoms with Gasteiger partial charge in [-0.15, -0.1) is 0 Å². The van der Waals surface area contributed by atoms with Crippen molar-refractivity contribution in [2.24, 2.45) is 0 Å². The van der Waals surface area contributed by atoms with Crippen LogP contribution in [0.15, 0.2) is 109 Å². The smallest absolute Gasteiger partial charge is 0.220 e. The summed E-state index contributed by atoms with van der Waals surface area (Å²) in [7, 11) is 0. The van der Waals surface area contributed by atoms with E-state index < -0.39 is 86.8 Å². The maximum Gasteiger partial charge on any atom is 0.220 e. The van der Waals surface area contributed by atoms with Crippen LogP contribution in [0.1, 0.15) is 386 Å². The average molecular weight is 1520 g/mol. The maximum atomic E-state index is 13.4. The molecule has 0 spiro atoms. The van der Waals surface area contributed by atoms with Crippen LogP contribution in [0.4, 0.5) is 0 Å². The zero-order valence-corrected chi connectivity index (χ0v) is 69.1. The van der Waals surface area contributed by atoms with Gasteiger partial charge < -0.3 is 65.1 Å². The third-order valence-electron chi connectivity index (χ3n) is 21.4. The molecule has 0 aromatic heterocycles. The van der Waals surface area contributed by atoms with Gasteiger partial charge in [-0.05, 0) is 89.9 Å². The second-order valence-corrected chi connectivity index (χ2v) is 31.3. The van der Waals surface area contributed by atoms with Crippen molar-refractivity contribution in [3.8, 4) is 0 Å². The minimum Gasteiger partial charge on any atom is -0.394 e.